The van der Waals surface area contributed by atoms with Crippen molar-refractivity contribution in [3.8, 4) is 11.1 Å². The Kier molecular flexibility index (Phi) is 3.36. The number of rotatable bonds is 3. The second kappa shape index (κ2) is 4.76. The summed E-state index contributed by atoms with van der Waals surface area (Å²) < 4.78 is 13.1. The Balaban J connectivity index is 2.31. The number of thiophene rings is 1. The molecule has 0 amide bonds. The van der Waals surface area contributed by atoms with Crippen molar-refractivity contribution in [2.24, 2.45) is 0 Å². The SMILES string of the molecule is CNCc1cc(-c2ccc(F)c(C)c2)cs1. The minimum Gasteiger partial charge on any atom is -0.315 e. The lowest BCUT2D eigenvalue weighted by Gasteiger charge is -2.00. The molecule has 16 heavy (non-hydrogen) atoms. The smallest absolute Gasteiger partial charge is 0.126 e. The van der Waals surface area contributed by atoms with Gasteiger partial charge in [-0.15, -0.1) is 11.3 Å². The van der Waals surface area contributed by atoms with Crippen LogP contribution in [0.2, 0.25) is 0 Å². The predicted octanol–water partition coefficient (Wildman–Crippen LogP) is 3.58. The van der Waals surface area contributed by atoms with Crippen molar-refractivity contribution >= 4 is 11.3 Å². The van der Waals surface area contributed by atoms with E-state index >= 15 is 0 Å². The molecule has 0 saturated carbocycles. The van der Waals surface area contributed by atoms with Crippen LogP contribution in [0.25, 0.3) is 11.1 Å². The second-order valence-electron chi connectivity index (χ2n) is 3.80. The number of hydrogen-bond acceptors (Lipinski definition) is 2. The summed E-state index contributed by atoms with van der Waals surface area (Å²) in [5, 5.41) is 5.23. The molecule has 0 aliphatic heterocycles. The van der Waals surface area contributed by atoms with Gasteiger partial charge in [-0.3, -0.25) is 0 Å². The van der Waals surface area contributed by atoms with Crippen LogP contribution in [-0.4, -0.2) is 7.05 Å². The number of hydrogen-bond donors (Lipinski definition) is 1. The van der Waals surface area contributed by atoms with E-state index in [4.69, 9.17) is 0 Å². The molecular weight excluding hydrogens is 221 g/mol. The maximum absolute atomic E-state index is 13.1. The monoisotopic (exact) mass is 235 g/mol. The molecule has 0 atom stereocenters. The van der Waals surface area contributed by atoms with Gasteiger partial charge in [0.05, 0.1) is 0 Å². The second-order valence-corrected chi connectivity index (χ2v) is 4.79. The van der Waals surface area contributed by atoms with E-state index in [0.717, 1.165) is 12.1 Å². The summed E-state index contributed by atoms with van der Waals surface area (Å²) >= 11 is 1.72. The summed E-state index contributed by atoms with van der Waals surface area (Å²) in [6.45, 7) is 2.67. The molecule has 1 heterocycles. The zero-order chi connectivity index (χ0) is 11.5. The standard InChI is InChI=1S/C13H14FNS/c1-9-5-10(3-4-13(9)14)11-6-12(7-15-2)16-8-11/h3-6,8,15H,7H2,1-2H3. The molecular formula is C13H14FNS. The Hall–Kier alpha value is -1.19. The molecule has 1 aromatic heterocycles. The molecule has 0 aliphatic carbocycles. The molecule has 2 aromatic rings. The Morgan fingerprint density at radius 3 is 2.75 bits per heavy atom. The van der Waals surface area contributed by atoms with E-state index in [0.29, 0.717) is 5.56 Å². The van der Waals surface area contributed by atoms with Crippen LogP contribution < -0.4 is 5.32 Å². The van der Waals surface area contributed by atoms with E-state index in [2.05, 4.69) is 16.8 Å². The van der Waals surface area contributed by atoms with Gasteiger partial charge in [0, 0.05) is 11.4 Å². The van der Waals surface area contributed by atoms with Crippen LogP contribution >= 0.6 is 11.3 Å². The van der Waals surface area contributed by atoms with Gasteiger partial charge in [0.2, 0.25) is 0 Å². The first-order valence-corrected chi connectivity index (χ1v) is 6.07. The molecule has 1 aromatic carbocycles. The van der Waals surface area contributed by atoms with E-state index in [1.165, 1.54) is 16.5 Å². The van der Waals surface area contributed by atoms with Crippen molar-refractivity contribution in [3.05, 3.63) is 45.9 Å². The Morgan fingerprint density at radius 1 is 1.25 bits per heavy atom. The van der Waals surface area contributed by atoms with Crippen molar-refractivity contribution in [3.63, 3.8) is 0 Å². The van der Waals surface area contributed by atoms with Gasteiger partial charge in [-0.25, -0.2) is 4.39 Å². The minimum absolute atomic E-state index is 0.144. The number of halogens is 1. The zero-order valence-electron chi connectivity index (χ0n) is 9.38. The van der Waals surface area contributed by atoms with Crippen molar-refractivity contribution in [1.29, 1.82) is 0 Å². The molecule has 0 saturated heterocycles. The topological polar surface area (TPSA) is 12.0 Å². The van der Waals surface area contributed by atoms with E-state index in [1.807, 2.05) is 19.2 Å². The first kappa shape index (κ1) is 11.3. The average Bonchev–Trinajstić information content (AvgIpc) is 2.71. The van der Waals surface area contributed by atoms with E-state index in [1.54, 1.807) is 18.3 Å². The highest BCUT2D eigenvalue weighted by Gasteiger charge is 2.04. The third-order valence-corrected chi connectivity index (χ3v) is 3.43. The lowest BCUT2D eigenvalue weighted by Crippen LogP contribution is -2.02. The van der Waals surface area contributed by atoms with Crippen molar-refractivity contribution in [2.45, 2.75) is 13.5 Å². The highest BCUT2D eigenvalue weighted by Crippen LogP contribution is 2.26. The van der Waals surface area contributed by atoms with E-state index < -0.39 is 0 Å². The molecule has 1 nitrogen and oxygen atoms in total. The van der Waals surface area contributed by atoms with Crippen LogP contribution in [0.15, 0.2) is 29.6 Å². The number of nitrogens with one attached hydrogen (secondary N) is 1. The van der Waals surface area contributed by atoms with Gasteiger partial charge in [0.1, 0.15) is 5.82 Å². The fourth-order valence-electron chi connectivity index (χ4n) is 1.62. The van der Waals surface area contributed by atoms with Gasteiger partial charge < -0.3 is 5.32 Å². The quantitative estimate of drug-likeness (QED) is 0.857. The molecule has 1 N–H and O–H groups in total. The highest BCUT2D eigenvalue weighted by atomic mass is 32.1. The number of aryl methyl sites for hydroxylation is 1. The summed E-state index contributed by atoms with van der Waals surface area (Å²) in [6.07, 6.45) is 0. The first-order valence-electron chi connectivity index (χ1n) is 5.19. The van der Waals surface area contributed by atoms with Crippen LogP contribution in [0.5, 0.6) is 0 Å². The molecule has 0 fully saturated rings. The molecule has 0 spiro atoms. The summed E-state index contributed by atoms with van der Waals surface area (Å²) in [5.41, 5.74) is 2.94. The number of benzene rings is 1. The first-order chi connectivity index (χ1) is 7.70. The van der Waals surface area contributed by atoms with Crippen LogP contribution in [0.3, 0.4) is 0 Å². The van der Waals surface area contributed by atoms with Gasteiger partial charge in [0.25, 0.3) is 0 Å². The summed E-state index contributed by atoms with van der Waals surface area (Å²) in [5.74, 6) is -0.144. The molecule has 0 bridgehead atoms. The Labute approximate surface area is 98.9 Å². The molecule has 0 radical (unpaired) electrons. The molecule has 2 rings (SSSR count). The summed E-state index contributed by atoms with van der Waals surface area (Å²) in [7, 11) is 1.93. The lowest BCUT2D eigenvalue weighted by atomic mass is 10.1. The molecule has 84 valence electrons. The van der Waals surface area contributed by atoms with Gasteiger partial charge >= 0.3 is 0 Å². The van der Waals surface area contributed by atoms with Crippen molar-refractivity contribution in [2.75, 3.05) is 7.05 Å². The van der Waals surface area contributed by atoms with Gasteiger partial charge in [-0.05, 0) is 54.2 Å². The van der Waals surface area contributed by atoms with Crippen molar-refractivity contribution in [1.82, 2.24) is 5.32 Å². The van der Waals surface area contributed by atoms with E-state index in [-0.39, 0.29) is 5.82 Å². The zero-order valence-corrected chi connectivity index (χ0v) is 10.2. The Bertz CT molecular complexity index is 490. The summed E-state index contributed by atoms with van der Waals surface area (Å²) in [4.78, 5) is 1.29. The third kappa shape index (κ3) is 2.31. The van der Waals surface area contributed by atoms with Crippen LogP contribution in [0.4, 0.5) is 4.39 Å². The lowest BCUT2D eigenvalue weighted by molar-refractivity contribution is 0.619. The van der Waals surface area contributed by atoms with E-state index in [9.17, 15) is 4.39 Å². The maximum Gasteiger partial charge on any atom is 0.126 e. The minimum atomic E-state index is -0.144. The molecule has 3 heteroatoms. The van der Waals surface area contributed by atoms with Gasteiger partial charge in [-0.1, -0.05) is 6.07 Å². The fraction of sp³-hybridized carbons (Fsp3) is 0.231. The average molecular weight is 235 g/mol. The molecule has 0 unspecified atom stereocenters. The predicted molar refractivity (Wildman–Crippen MR) is 67.2 cm³/mol. The van der Waals surface area contributed by atoms with Crippen LogP contribution in [0, 0.1) is 12.7 Å². The van der Waals surface area contributed by atoms with Gasteiger partial charge in [-0.2, -0.15) is 0 Å². The Morgan fingerprint density at radius 2 is 2.06 bits per heavy atom. The van der Waals surface area contributed by atoms with Crippen molar-refractivity contribution < 1.29 is 4.39 Å². The van der Waals surface area contributed by atoms with Gasteiger partial charge in [0.15, 0.2) is 0 Å². The van der Waals surface area contributed by atoms with Crippen LogP contribution in [-0.2, 0) is 6.54 Å². The largest absolute Gasteiger partial charge is 0.315 e. The highest BCUT2D eigenvalue weighted by molar-refractivity contribution is 7.10. The summed E-state index contributed by atoms with van der Waals surface area (Å²) in [6, 6.07) is 7.39. The third-order valence-electron chi connectivity index (χ3n) is 2.50. The maximum atomic E-state index is 13.1. The normalized spacial score (nSPS) is 10.7. The molecule has 0 aliphatic rings. The van der Waals surface area contributed by atoms with Crippen LogP contribution in [0.1, 0.15) is 10.4 Å². The fourth-order valence-corrected chi connectivity index (χ4v) is 2.53.